The van der Waals surface area contributed by atoms with Crippen LogP contribution >= 0.6 is 0 Å². The minimum absolute atomic E-state index is 0.00321. The maximum atomic E-state index is 12.0. The largest absolute Gasteiger partial charge is 0.344 e. The first-order chi connectivity index (χ1) is 7.16. The normalized spacial score (nSPS) is 31.5. The van der Waals surface area contributed by atoms with Crippen molar-refractivity contribution in [1.82, 2.24) is 15.5 Å². The molecule has 0 aromatic carbocycles. The van der Waals surface area contributed by atoms with E-state index in [2.05, 4.69) is 17.6 Å². The van der Waals surface area contributed by atoms with Crippen LogP contribution in [0.1, 0.15) is 19.8 Å². The van der Waals surface area contributed by atoms with E-state index in [-0.39, 0.29) is 17.9 Å². The minimum Gasteiger partial charge on any atom is -0.344 e. The zero-order valence-corrected chi connectivity index (χ0v) is 8.95. The van der Waals surface area contributed by atoms with Crippen LogP contribution in [0.2, 0.25) is 0 Å². The summed E-state index contributed by atoms with van der Waals surface area (Å²) in [6.07, 6.45) is 1.13. The SMILES string of the molecule is CC1CN(C(=O)[C@@H]2CCC(=O)N2)CCN1. The smallest absolute Gasteiger partial charge is 0.245 e. The summed E-state index contributed by atoms with van der Waals surface area (Å²) < 4.78 is 0. The van der Waals surface area contributed by atoms with Crippen LogP contribution in [-0.2, 0) is 9.59 Å². The minimum atomic E-state index is -0.275. The Kier molecular flexibility index (Phi) is 2.90. The van der Waals surface area contributed by atoms with E-state index in [1.54, 1.807) is 0 Å². The third kappa shape index (κ3) is 2.28. The van der Waals surface area contributed by atoms with Crippen LogP contribution in [0.4, 0.5) is 0 Å². The molecule has 5 heteroatoms. The highest BCUT2D eigenvalue weighted by atomic mass is 16.2. The van der Waals surface area contributed by atoms with Gasteiger partial charge in [0, 0.05) is 32.1 Å². The standard InChI is InChI=1S/C10H17N3O2/c1-7-6-13(5-4-11-7)10(15)8-2-3-9(14)12-8/h7-8,11H,2-6H2,1H3,(H,12,14)/t7?,8-/m0/s1. The maximum Gasteiger partial charge on any atom is 0.245 e. The Balaban J connectivity index is 1.92. The van der Waals surface area contributed by atoms with Gasteiger partial charge in [-0.05, 0) is 13.3 Å². The van der Waals surface area contributed by atoms with Gasteiger partial charge in [0.05, 0.1) is 0 Å². The first kappa shape index (κ1) is 10.4. The van der Waals surface area contributed by atoms with E-state index in [9.17, 15) is 9.59 Å². The van der Waals surface area contributed by atoms with Gasteiger partial charge in [-0.15, -0.1) is 0 Å². The Hall–Kier alpha value is -1.10. The predicted octanol–water partition coefficient (Wildman–Crippen LogP) is -0.915. The highest BCUT2D eigenvalue weighted by Gasteiger charge is 2.32. The summed E-state index contributed by atoms with van der Waals surface area (Å²) in [7, 11) is 0. The fourth-order valence-corrected chi connectivity index (χ4v) is 2.15. The van der Waals surface area contributed by atoms with Crippen molar-refractivity contribution in [3.8, 4) is 0 Å². The lowest BCUT2D eigenvalue weighted by Gasteiger charge is -2.33. The second-order valence-corrected chi connectivity index (χ2v) is 4.30. The molecule has 0 aromatic heterocycles. The van der Waals surface area contributed by atoms with Crippen molar-refractivity contribution in [3.63, 3.8) is 0 Å². The number of piperazine rings is 1. The molecule has 0 spiro atoms. The van der Waals surface area contributed by atoms with Crippen molar-refractivity contribution < 1.29 is 9.59 Å². The zero-order chi connectivity index (χ0) is 10.8. The third-order valence-corrected chi connectivity index (χ3v) is 2.97. The fraction of sp³-hybridized carbons (Fsp3) is 0.800. The second-order valence-electron chi connectivity index (χ2n) is 4.30. The molecule has 2 N–H and O–H groups in total. The average molecular weight is 211 g/mol. The predicted molar refractivity (Wildman–Crippen MR) is 55.2 cm³/mol. The van der Waals surface area contributed by atoms with Crippen LogP contribution < -0.4 is 10.6 Å². The van der Waals surface area contributed by atoms with E-state index >= 15 is 0 Å². The summed E-state index contributed by atoms with van der Waals surface area (Å²) in [6, 6.07) is 0.0719. The molecule has 5 nitrogen and oxygen atoms in total. The molecule has 2 saturated heterocycles. The van der Waals surface area contributed by atoms with Crippen LogP contribution in [-0.4, -0.2) is 48.4 Å². The third-order valence-electron chi connectivity index (χ3n) is 2.97. The molecule has 0 aromatic rings. The van der Waals surface area contributed by atoms with Crippen molar-refractivity contribution in [2.45, 2.75) is 31.8 Å². The highest BCUT2D eigenvalue weighted by Crippen LogP contribution is 2.11. The number of rotatable bonds is 1. The molecule has 2 heterocycles. The molecule has 1 unspecified atom stereocenters. The lowest BCUT2D eigenvalue weighted by molar-refractivity contribution is -0.135. The lowest BCUT2D eigenvalue weighted by atomic mass is 10.1. The number of amides is 2. The topological polar surface area (TPSA) is 61.4 Å². The number of nitrogens with zero attached hydrogens (tertiary/aromatic N) is 1. The highest BCUT2D eigenvalue weighted by molar-refractivity contribution is 5.90. The van der Waals surface area contributed by atoms with Crippen LogP contribution in [0.5, 0.6) is 0 Å². The van der Waals surface area contributed by atoms with Gasteiger partial charge >= 0.3 is 0 Å². The van der Waals surface area contributed by atoms with Gasteiger partial charge in [-0.25, -0.2) is 0 Å². The molecule has 2 rings (SSSR count). The quantitative estimate of drug-likeness (QED) is 0.590. The van der Waals surface area contributed by atoms with E-state index < -0.39 is 0 Å². The van der Waals surface area contributed by atoms with Gasteiger partial charge in [-0.3, -0.25) is 9.59 Å². The first-order valence-electron chi connectivity index (χ1n) is 5.48. The Bertz CT molecular complexity index is 280. The molecular weight excluding hydrogens is 194 g/mol. The Labute approximate surface area is 89.2 Å². The summed E-state index contributed by atoms with van der Waals surface area (Å²) in [5, 5.41) is 6.00. The Morgan fingerprint density at radius 1 is 1.53 bits per heavy atom. The van der Waals surface area contributed by atoms with Crippen molar-refractivity contribution in [2.24, 2.45) is 0 Å². The second kappa shape index (κ2) is 4.18. The maximum absolute atomic E-state index is 12.0. The number of hydrogen-bond acceptors (Lipinski definition) is 3. The molecule has 2 atom stereocenters. The van der Waals surface area contributed by atoms with E-state index in [1.165, 1.54) is 0 Å². The molecule has 2 fully saturated rings. The van der Waals surface area contributed by atoms with Gasteiger partial charge in [0.2, 0.25) is 11.8 Å². The van der Waals surface area contributed by atoms with Crippen molar-refractivity contribution in [2.75, 3.05) is 19.6 Å². The molecule has 2 aliphatic rings. The summed E-state index contributed by atoms with van der Waals surface area (Å²) in [6.45, 7) is 4.39. The van der Waals surface area contributed by atoms with Gasteiger partial charge in [0.1, 0.15) is 6.04 Å². The van der Waals surface area contributed by atoms with Gasteiger partial charge in [0.15, 0.2) is 0 Å². The van der Waals surface area contributed by atoms with Crippen LogP contribution in [0, 0.1) is 0 Å². The van der Waals surface area contributed by atoms with Crippen molar-refractivity contribution >= 4 is 11.8 Å². The molecule has 0 radical (unpaired) electrons. The zero-order valence-electron chi connectivity index (χ0n) is 8.95. The number of nitrogens with one attached hydrogen (secondary N) is 2. The van der Waals surface area contributed by atoms with Crippen LogP contribution in [0.15, 0.2) is 0 Å². The Morgan fingerprint density at radius 3 is 2.93 bits per heavy atom. The van der Waals surface area contributed by atoms with Crippen LogP contribution in [0.25, 0.3) is 0 Å². The molecule has 15 heavy (non-hydrogen) atoms. The summed E-state index contributed by atoms with van der Waals surface area (Å²) in [5.41, 5.74) is 0. The Morgan fingerprint density at radius 2 is 2.33 bits per heavy atom. The van der Waals surface area contributed by atoms with E-state index in [0.29, 0.717) is 18.9 Å². The van der Waals surface area contributed by atoms with Gasteiger partial charge < -0.3 is 15.5 Å². The molecule has 0 aliphatic carbocycles. The van der Waals surface area contributed by atoms with E-state index in [0.717, 1.165) is 19.6 Å². The lowest BCUT2D eigenvalue weighted by Crippen LogP contribution is -2.55. The molecule has 0 saturated carbocycles. The molecule has 0 bridgehead atoms. The summed E-state index contributed by atoms with van der Waals surface area (Å²) in [4.78, 5) is 24.8. The molecule has 2 aliphatic heterocycles. The van der Waals surface area contributed by atoms with Crippen LogP contribution in [0.3, 0.4) is 0 Å². The van der Waals surface area contributed by atoms with Gasteiger partial charge in [-0.1, -0.05) is 0 Å². The van der Waals surface area contributed by atoms with Crippen molar-refractivity contribution in [1.29, 1.82) is 0 Å². The number of hydrogen-bond donors (Lipinski definition) is 2. The van der Waals surface area contributed by atoms with E-state index in [1.807, 2.05) is 4.90 Å². The number of carbonyl (C=O) groups excluding carboxylic acids is 2. The molecular formula is C10H17N3O2. The summed E-state index contributed by atoms with van der Waals surface area (Å²) in [5.74, 6) is 0.0748. The molecule has 2 amide bonds. The fourth-order valence-electron chi connectivity index (χ4n) is 2.15. The first-order valence-corrected chi connectivity index (χ1v) is 5.48. The van der Waals surface area contributed by atoms with Crippen molar-refractivity contribution in [3.05, 3.63) is 0 Å². The van der Waals surface area contributed by atoms with Gasteiger partial charge in [-0.2, -0.15) is 0 Å². The number of carbonyl (C=O) groups is 2. The average Bonchev–Trinajstić information content (AvgIpc) is 2.64. The summed E-state index contributed by atoms with van der Waals surface area (Å²) >= 11 is 0. The van der Waals surface area contributed by atoms with E-state index in [4.69, 9.17) is 0 Å². The molecule has 84 valence electrons. The van der Waals surface area contributed by atoms with Gasteiger partial charge in [0.25, 0.3) is 0 Å². The monoisotopic (exact) mass is 211 g/mol.